The molecule has 0 radical (unpaired) electrons. The largest absolute Gasteiger partial charge is 0.496 e. The van der Waals surface area contributed by atoms with Crippen LogP contribution >= 0.6 is 0 Å². The van der Waals surface area contributed by atoms with E-state index in [0.29, 0.717) is 28.5 Å². The normalized spacial score (nSPS) is 11.6. The third kappa shape index (κ3) is 3.93. The van der Waals surface area contributed by atoms with E-state index in [1.807, 2.05) is 24.3 Å². The lowest BCUT2D eigenvalue weighted by Crippen LogP contribution is -2.22. The number of hydrogen-bond acceptors (Lipinski definition) is 7. The van der Waals surface area contributed by atoms with Gasteiger partial charge in [-0.1, -0.05) is 12.1 Å². The van der Waals surface area contributed by atoms with Crippen molar-refractivity contribution in [2.75, 3.05) is 26.5 Å². The zero-order valence-corrected chi connectivity index (χ0v) is 18.5. The van der Waals surface area contributed by atoms with Gasteiger partial charge >= 0.3 is 0 Å². The van der Waals surface area contributed by atoms with E-state index in [9.17, 15) is 13.2 Å². The first-order valence-corrected chi connectivity index (χ1v) is 11.1. The second-order valence-corrected chi connectivity index (χ2v) is 9.27. The van der Waals surface area contributed by atoms with Gasteiger partial charge in [0, 0.05) is 25.3 Å². The number of rotatable bonds is 6. The molecule has 0 aliphatic rings. The van der Waals surface area contributed by atoms with E-state index in [0.717, 1.165) is 9.87 Å². The molecule has 0 aliphatic heterocycles. The van der Waals surface area contributed by atoms with Gasteiger partial charge in [0.15, 0.2) is 0 Å². The Bertz CT molecular complexity index is 1450. The number of fused-ring (bicyclic) bond motifs is 1. The minimum Gasteiger partial charge on any atom is -0.496 e. The molecule has 0 spiro atoms. The van der Waals surface area contributed by atoms with E-state index < -0.39 is 10.0 Å². The minimum atomic E-state index is -3.55. The molecule has 2 aromatic heterocycles. The van der Waals surface area contributed by atoms with Crippen LogP contribution in [0.25, 0.3) is 22.2 Å². The van der Waals surface area contributed by atoms with Crippen molar-refractivity contribution in [1.29, 1.82) is 0 Å². The molecule has 2 N–H and O–H groups in total. The third-order valence-electron chi connectivity index (χ3n) is 4.90. The van der Waals surface area contributed by atoms with Gasteiger partial charge in [-0.05, 0) is 42.5 Å². The molecule has 0 aliphatic carbocycles. The second kappa shape index (κ2) is 8.40. The lowest BCUT2D eigenvalue weighted by Gasteiger charge is -2.14. The molecule has 0 atom stereocenters. The van der Waals surface area contributed by atoms with E-state index in [1.165, 1.54) is 32.6 Å². The Kier molecular flexibility index (Phi) is 5.64. The standard InChI is InChI=1S/C22H21N5O4S/c1-27(2)32(29,30)15-10-8-14(9-11-15)25-21-20-18(23-13-24-22(20)28)12-17(26-21)16-6-4-5-7-19(16)31-3/h4-13H,1-3H3,(H,25,26)(H,23,24,28). The number of nitrogens with zero attached hydrogens (tertiary/aromatic N) is 3. The van der Waals surface area contributed by atoms with E-state index >= 15 is 0 Å². The summed E-state index contributed by atoms with van der Waals surface area (Å²) in [5.74, 6) is 0.925. The van der Waals surface area contributed by atoms with Crippen LogP contribution in [0.5, 0.6) is 5.75 Å². The number of aromatic nitrogens is 3. The lowest BCUT2D eigenvalue weighted by molar-refractivity contribution is 0.416. The summed E-state index contributed by atoms with van der Waals surface area (Å²) >= 11 is 0. The van der Waals surface area contributed by atoms with Gasteiger partial charge < -0.3 is 15.0 Å². The Balaban J connectivity index is 1.82. The van der Waals surface area contributed by atoms with Crippen LogP contribution in [-0.2, 0) is 10.0 Å². The van der Waals surface area contributed by atoms with Crippen molar-refractivity contribution < 1.29 is 13.2 Å². The molecule has 0 fully saturated rings. The Morgan fingerprint density at radius 3 is 2.47 bits per heavy atom. The maximum absolute atomic E-state index is 12.5. The second-order valence-electron chi connectivity index (χ2n) is 7.12. The molecule has 0 saturated heterocycles. The highest BCUT2D eigenvalue weighted by molar-refractivity contribution is 7.89. The molecule has 32 heavy (non-hydrogen) atoms. The summed E-state index contributed by atoms with van der Waals surface area (Å²) in [6, 6.07) is 15.3. The smallest absolute Gasteiger partial charge is 0.262 e. The molecule has 0 amide bonds. The maximum Gasteiger partial charge on any atom is 0.262 e. The number of anilines is 2. The topological polar surface area (TPSA) is 117 Å². The van der Waals surface area contributed by atoms with Crippen LogP contribution in [0.2, 0.25) is 0 Å². The number of H-pyrrole nitrogens is 1. The number of ether oxygens (including phenoxy) is 1. The summed E-state index contributed by atoms with van der Waals surface area (Å²) < 4.78 is 31.2. The van der Waals surface area contributed by atoms with Gasteiger partial charge in [0.05, 0.1) is 29.5 Å². The molecule has 9 nitrogen and oxygen atoms in total. The van der Waals surface area contributed by atoms with Crippen molar-refractivity contribution in [3.05, 3.63) is 71.3 Å². The van der Waals surface area contributed by atoms with Crippen LogP contribution in [0.15, 0.2) is 70.6 Å². The number of benzene rings is 2. The summed E-state index contributed by atoms with van der Waals surface area (Å²) in [5.41, 5.74) is 2.00. The van der Waals surface area contributed by atoms with Crippen molar-refractivity contribution in [2.24, 2.45) is 0 Å². The molecule has 0 unspecified atom stereocenters. The van der Waals surface area contributed by atoms with Crippen molar-refractivity contribution in [2.45, 2.75) is 4.90 Å². The van der Waals surface area contributed by atoms with E-state index in [2.05, 4.69) is 20.3 Å². The Labute approximate surface area is 184 Å². The van der Waals surface area contributed by atoms with Crippen molar-refractivity contribution in [1.82, 2.24) is 19.3 Å². The fourth-order valence-corrected chi connectivity index (χ4v) is 4.13. The molecule has 164 valence electrons. The van der Waals surface area contributed by atoms with Crippen LogP contribution in [0.1, 0.15) is 0 Å². The number of nitrogens with one attached hydrogen (secondary N) is 2. The molecule has 2 aromatic carbocycles. The summed E-state index contributed by atoms with van der Waals surface area (Å²) in [6.07, 6.45) is 1.33. The van der Waals surface area contributed by atoms with Gasteiger partial charge in [-0.15, -0.1) is 0 Å². The average Bonchev–Trinajstić information content (AvgIpc) is 2.79. The van der Waals surface area contributed by atoms with E-state index in [1.54, 1.807) is 25.3 Å². The molecule has 4 aromatic rings. The zero-order chi connectivity index (χ0) is 22.9. The zero-order valence-electron chi connectivity index (χ0n) is 17.7. The van der Waals surface area contributed by atoms with Gasteiger partial charge in [-0.25, -0.2) is 22.7 Å². The monoisotopic (exact) mass is 451 g/mol. The number of aromatic amines is 1. The molecule has 10 heteroatoms. The highest BCUT2D eigenvalue weighted by Crippen LogP contribution is 2.32. The van der Waals surface area contributed by atoms with Crippen LogP contribution in [-0.4, -0.2) is 48.9 Å². The summed E-state index contributed by atoms with van der Waals surface area (Å²) in [5, 5.41) is 3.41. The highest BCUT2D eigenvalue weighted by atomic mass is 32.2. The lowest BCUT2D eigenvalue weighted by atomic mass is 10.1. The van der Waals surface area contributed by atoms with E-state index in [-0.39, 0.29) is 15.8 Å². The number of para-hydroxylation sites is 1. The Morgan fingerprint density at radius 2 is 1.78 bits per heavy atom. The average molecular weight is 452 g/mol. The van der Waals surface area contributed by atoms with Gasteiger partial charge in [0.2, 0.25) is 10.0 Å². The first-order chi connectivity index (χ1) is 15.3. The van der Waals surface area contributed by atoms with Crippen LogP contribution in [0.4, 0.5) is 11.5 Å². The third-order valence-corrected chi connectivity index (χ3v) is 6.73. The summed E-state index contributed by atoms with van der Waals surface area (Å²) in [6.45, 7) is 0. The minimum absolute atomic E-state index is 0.160. The van der Waals surface area contributed by atoms with Gasteiger partial charge in [0.1, 0.15) is 17.0 Å². The first-order valence-electron chi connectivity index (χ1n) is 9.62. The Hall–Kier alpha value is -3.76. The van der Waals surface area contributed by atoms with Crippen molar-refractivity contribution in [3.63, 3.8) is 0 Å². The molecule has 2 heterocycles. The predicted octanol–water partition coefficient (Wildman–Crippen LogP) is 2.99. The fourth-order valence-electron chi connectivity index (χ4n) is 3.23. The molecular weight excluding hydrogens is 430 g/mol. The van der Waals surface area contributed by atoms with Crippen LogP contribution < -0.4 is 15.6 Å². The van der Waals surface area contributed by atoms with Crippen molar-refractivity contribution >= 4 is 32.4 Å². The molecular formula is C22H21N5O4S. The molecule has 0 saturated carbocycles. The van der Waals surface area contributed by atoms with Gasteiger partial charge in [-0.3, -0.25) is 4.79 Å². The quantitative estimate of drug-likeness (QED) is 0.463. The van der Waals surface area contributed by atoms with Gasteiger partial charge in [0.25, 0.3) is 5.56 Å². The number of pyridine rings is 1. The van der Waals surface area contributed by atoms with Crippen molar-refractivity contribution in [3.8, 4) is 17.0 Å². The first kappa shape index (κ1) is 21.5. The number of sulfonamides is 1. The summed E-state index contributed by atoms with van der Waals surface area (Å²) in [7, 11) is 0.972. The van der Waals surface area contributed by atoms with Crippen LogP contribution in [0.3, 0.4) is 0 Å². The molecule has 4 rings (SSSR count). The Morgan fingerprint density at radius 1 is 1.06 bits per heavy atom. The number of hydrogen-bond donors (Lipinski definition) is 2. The van der Waals surface area contributed by atoms with Gasteiger partial charge in [-0.2, -0.15) is 0 Å². The number of methoxy groups -OCH3 is 1. The highest BCUT2D eigenvalue weighted by Gasteiger charge is 2.18. The van der Waals surface area contributed by atoms with Crippen LogP contribution in [0, 0.1) is 0 Å². The maximum atomic E-state index is 12.5. The predicted molar refractivity (Wildman–Crippen MR) is 123 cm³/mol. The summed E-state index contributed by atoms with van der Waals surface area (Å²) in [4.78, 5) is 24.2. The SMILES string of the molecule is COc1ccccc1-c1cc2nc[nH]c(=O)c2c(Nc2ccc(S(=O)(=O)N(C)C)cc2)n1. The van der Waals surface area contributed by atoms with E-state index in [4.69, 9.17) is 4.74 Å². The molecule has 0 bridgehead atoms. The fraction of sp³-hybridized carbons (Fsp3) is 0.136.